The van der Waals surface area contributed by atoms with E-state index in [0.29, 0.717) is 22.2 Å². The van der Waals surface area contributed by atoms with Crippen molar-refractivity contribution in [2.24, 2.45) is 0 Å². The SMILES string of the molecule is COc1ccc(OC)c(C2c3cccn3-c3ccccc3N2C(=O)CN(C(=O)Nc2ccc(Cl)cc2)C2CC2)c1. The van der Waals surface area contributed by atoms with Gasteiger partial charge in [0.05, 0.1) is 31.3 Å². The molecule has 3 amide bonds. The van der Waals surface area contributed by atoms with Crippen molar-refractivity contribution in [3.8, 4) is 17.2 Å². The van der Waals surface area contributed by atoms with E-state index in [1.54, 1.807) is 48.3 Å². The second-order valence-corrected chi connectivity index (χ2v) is 10.3. The number of ether oxygens (including phenoxy) is 2. The zero-order valence-corrected chi connectivity index (χ0v) is 23.0. The molecule has 0 saturated heterocycles. The van der Waals surface area contributed by atoms with Gasteiger partial charge in [0.2, 0.25) is 5.91 Å². The first kappa shape index (κ1) is 25.8. The van der Waals surface area contributed by atoms with Gasteiger partial charge >= 0.3 is 6.03 Å². The molecule has 204 valence electrons. The highest BCUT2D eigenvalue weighted by molar-refractivity contribution is 6.30. The molecule has 1 saturated carbocycles. The molecule has 1 fully saturated rings. The number of amides is 3. The summed E-state index contributed by atoms with van der Waals surface area (Å²) in [5.74, 6) is 1.09. The van der Waals surface area contributed by atoms with Crippen molar-refractivity contribution in [2.45, 2.75) is 24.9 Å². The first-order valence-corrected chi connectivity index (χ1v) is 13.5. The molecule has 1 aliphatic heterocycles. The van der Waals surface area contributed by atoms with Crippen LogP contribution < -0.4 is 19.7 Å². The third-order valence-electron chi connectivity index (χ3n) is 7.37. The summed E-state index contributed by atoms with van der Waals surface area (Å²) >= 11 is 6.01. The Balaban J connectivity index is 1.40. The molecule has 1 atom stereocenters. The molecule has 1 unspecified atom stereocenters. The zero-order valence-electron chi connectivity index (χ0n) is 22.2. The minimum absolute atomic E-state index is 0.00458. The Morgan fingerprint density at radius 2 is 1.70 bits per heavy atom. The first-order valence-electron chi connectivity index (χ1n) is 13.1. The van der Waals surface area contributed by atoms with Crippen molar-refractivity contribution in [3.05, 3.63) is 101 Å². The van der Waals surface area contributed by atoms with Gasteiger partial charge in [0, 0.05) is 28.5 Å². The second kappa shape index (κ2) is 10.6. The zero-order chi connectivity index (χ0) is 27.8. The predicted octanol–water partition coefficient (Wildman–Crippen LogP) is 6.28. The maximum atomic E-state index is 14.4. The van der Waals surface area contributed by atoms with Crippen LogP contribution >= 0.6 is 11.6 Å². The van der Waals surface area contributed by atoms with Crippen LogP contribution in [0.1, 0.15) is 30.1 Å². The summed E-state index contributed by atoms with van der Waals surface area (Å²) in [7, 11) is 3.23. The maximum absolute atomic E-state index is 14.4. The van der Waals surface area contributed by atoms with Crippen LogP contribution in [0.25, 0.3) is 5.69 Å². The maximum Gasteiger partial charge on any atom is 0.322 e. The third kappa shape index (κ3) is 4.75. The highest BCUT2D eigenvalue weighted by Crippen LogP contribution is 2.45. The minimum Gasteiger partial charge on any atom is -0.497 e. The lowest BCUT2D eigenvalue weighted by atomic mass is 9.96. The Labute approximate surface area is 237 Å². The number of nitrogens with zero attached hydrogens (tertiary/aromatic N) is 3. The fourth-order valence-corrected chi connectivity index (χ4v) is 5.44. The van der Waals surface area contributed by atoms with Gasteiger partial charge in [-0.1, -0.05) is 23.7 Å². The fourth-order valence-electron chi connectivity index (χ4n) is 5.31. The molecule has 9 heteroatoms. The molecule has 1 aliphatic carbocycles. The normalized spacial score (nSPS) is 15.6. The molecule has 0 spiro atoms. The van der Waals surface area contributed by atoms with Gasteiger partial charge in [-0.15, -0.1) is 0 Å². The summed E-state index contributed by atoms with van der Waals surface area (Å²) in [6, 6.07) is 23.5. The van der Waals surface area contributed by atoms with E-state index in [9.17, 15) is 9.59 Å². The Morgan fingerprint density at radius 1 is 0.950 bits per heavy atom. The molecule has 4 aromatic rings. The van der Waals surface area contributed by atoms with E-state index in [4.69, 9.17) is 21.1 Å². The lowest BCUT2D eigenvalue weighted by molar-refractivity contribution is -0.119. The molecule has 1 N–H and O–H groups in total. The number of carbonyl (C=O) groups excluding carboxylic acids is 2. The smallest absolute Gasteiger partial charge is 0.322 e. The summed E-state index contributed by atoms with van der Waals surface area (Å²) in [6.07, 6.45) is 3.70. The Hall–Kier alpha value is -4.43. The predicted molar refractivity (Wildman–Crippen MR) is 155 cm³/mol. The van der Waals surface area contributed by atoms with Gasteiger partial charge in [-0.2, -0.15) is 0 Å². The van der Waals surface area contributed by atoms with E-state index in [0.717, 1.165) is 35.5 Å². The number of fused-ring (bicyclic) bond motifs is 3. The van der Waals surface area contributed by atoms with Crippen LogP contribution in [0.2, 0.25) is 5.02 Å². The third-order valence-corrected chi connectivity index (χ3v) is 7.62. The van der Waals surface area contributed by atoms with Crippen LogP contribution in [0.4, 0.5) is 16.2 Å². The van der Waals surface area contributed by atoms with E-state index in [1.807, 2.05) is 60.8 Å². The van der Waals surface area contributed by atoms with Crippen LogP contribution in [0.15, 0.2) is 85.1 Å². The van der Waals surface area contributed by atoms with Crippen molar-refractivity contribution in [1.82, 2.24) is 9.47 Å². The monoisotopic (exact) mass is 556 g/mol. The summed E-state index contributed by atoms with van der Waals surface area (Å²) < 4.78 is 13.4. The molecular weight excluding hydrogens is 528 g/mol. The van der Waals surface area contributed by atoms with Crippen molar-refractivity contribution in [3.63, 3.8) is 0 Å². The van der Waals surface area contributed by atoms with Gasteiger partial charge in [0.1, 0.15) is 24.1 Å². The van der Waals surface area contributed by atoms with Crippen LogP contribution in [0.5, 0.6) is 11.5 Å². The average Bonchev–Trinajstić information content (AvgIpc) is 3.70. The largest absolute Gasteiger partial charge is 0.497 e. The Morgan fingerprint density at radius 3 is 2.40 bits per heavy atom. The number of rotatable bonds is 7. The molecule has 0 bridgehead atoms. The molecule has 1 aromatic heterocycles. The number of nitrogens with one attached hydrogen (secondary N) is 1. The number of carbonyl (C=O) groups is 2. The highest BCUT2D eigenvalue weighted by atomic mass is 35.5. The number of anilines is 2. The molecule has 2 heterocycles. The number of hydrogen-bond acceptors (Lipinski definition) is 4. The Kier molecular flexibility index (Phi) is 6.86. The average molecular weight is 557 g/mol. The van der Waals surface area contributed by atoms with E-state index in [1.165, 1.54) is 0 Å². The van der Waals surface area contributed by atoms with Crippen molar-refractivity contribution < 1.29 is 19.1 Å². The summed E-state index contributed by atoms with van der Waals surface area (Å²) in [4.78, 5) is 31.2. The second-order valence-electron chi connectivity index (χ2n) is 9.86. The number of halogens is 1. The van der Waals surface area contributed by atoms with E-state index in [-0.39, 0.29) is 24.5 Å². The summed E-state index contributed by atoms with van der Waals surface area (Å²) in [6.45, 7) is -0.0814. The topological polar surface area (TPSA) is 76.0 Å². The van der Waals surface area contributed by atoms with E-state index < -0.39 is 6.04 Å². The van der Waals surface area contributed by atoms with Gasteiger partial charge in [-0.3, -0.25) is 9.69 Å². The van der Waals surface area contributed by atoms with Gasteiger partial charge in [0.25, 0.3) is 0 Å². The molecular formula is C31H29ClN4O4. The van der Waals surface area contributed by atoms with Gasteiger partial charge < -0.3 is 24.3 Å². The number of urea groups is 1. The molecule has 8 nitrogen and oxygen atoms in total. The first-order chi connectivity index (χ1) is 19.5. The summed E-state index contributed by atoms with van der Waals surface area (Å²) in [5.41, 5.74) is 3.94. The fraction of sp³-hybridized carbons (Fsp3) is 0.226. The van der Waals surface area contributed by atoms with Crippen molar-refractivity contribution >= 4 is 34.9 Å². The summed E-state index contributed by atoms with van der Waals surface area (Å²) in [5, 5.41) is 3.51. The Bertz CT molecular complexity index is 1560. The number of aromatic nitrogens is 1. The van der Waals surface area contributed by atoms with Gasteiger partial charge in [0.15, 0.2) is 0 Å². The molecule has 2 aliphatic rings. The van der Waals surface area contributed by atoms with Crippen LogP contribution in [0, 0.1) is 0 Å². The van der Waals surface area contributed by atoms with Crippen LogP contribution in [-0.2, 0) is 4.79 Å². The molecule has 0 radical (unpaired) electrons. The van der Waals surface area contributed by atoms with E-state index >= 15 is 0 Å². The molecule has 6 rings (SSSR count). The van der Waals surface area contributed by atoms with Crippen LogP contribution in [0.3, 0.4) is 0 Å². The molecule has 3 aromatic carbocycles. The lowest BCUT2D eigenvalue weighted by Crippen LogP contribution is -2.48. The lowest BCUT2D eigenvalue weighted by Gasteiger charge is -2.40. The minimum atomic E-state index is -0.511. The quantitative estimate of drug-likeness (QED) is 0.291. The van der Waals surface area contributed by atoms with Gasteiger partial charge in [-0.05, 0) is 79.6 Å². The standard InChI is InChI=1S/C31H29ClN4O4/c1-39-23-15-16-28(40-2)24(18-23)30-27-8-5-17-34(27)25-6-3-4-7-26(25)36(30)29(37)19-35(22-13-14-22)31(38)33-21-11-9-20(32)10-12-21/h3-12,15-18,22,30H,13-14,19H2,1-2H3,(H,33,38). The van der Waals surface area contributed by atoms with E-state index in [2.05, 4.69) is 9.88 Å². The number of methoxy groups -OCH3 is 2. The number of benzene rings is 3. The molecule has 40 heavy (non-hydrogen) atoms. The van der Waals surface area contributed by atoms with Gasteiger partial charge in [-0.25, -0.2) is 4.79 Å². The van der Waals surface area contributed by atoms with Crippen molar-refractivity contribution in [2.75, 3.05) is 31.0 Å². The number of hydrogen-bond donors (Lipinski definition) is 1. The van der Waals surface area contributed by atoms with Crippen LogP contribution in [-0.4, -0.2) is 48.2 Å². The highest BCUT2D eigenvalue weighted by Gasteiger charge is 2.41. The van der Waals surface area contributed by atoms with Crippen molar-refractivity contribution in [1.29, 1.82) is 0 Å². The number of para-hydroxylation sites is 2.